The van der Waals surface area contributed by atoms with Crippen molar-refractivity contribution in [2.75, 3.05) is 7.05 Å². The minimum atomic E-state index is 0.0556. The lowest BCUT2D eigenvalue weighted by molar-refractivity contribution is -0.526. The molecule has 0 aromatic rings. The molecule has 0 spiro atoms. The van der Waals surface area contributed by atoms with E-state index in [1.54, 1.807) is 0 Å². The lowest BCUT2D eigenvalue weighted by atomic mass is 11.5. The monoisotopic (exact) mass is 76.0 g/mol. The van der Waals surface area contributed by atoms with Gasteiger partial charge in [0.25, 0.3) is 0 Å². The summed E-state index contributed by atoms with van der Waals surface area (Å²) in [6, 6.07) is 0. The molecule has 0 saturated carbocycles. The van der Waals surface area contributed by atoms with Gasteiger partial charge in [0, 0.05) is 0 Å². The van der Waals surface area contributed by atoms with Gasteiger partial charge in [-0.1, -0.05) is 4.86 Å². The van der Waals surface area contributed by atoms with E-state index in [9.17, 15) is 5.21 Å². The Bertz CT molecular complexity index is 45.6. The van der Waals surface area contributed by atoms with Crippen molar-refractivity contribution < 1.29 is 10.1 Å². The first-order valence-electron chi connectivity index (χ1n) is 1.03. The highest BCUT2D eigenvalue weighted by atomic mass is 16.6. The van der Waals surface area contributed by atoms with Crippen LogP contribution in [0.5, 0.6) is 0 Å². The maximum absolute atomic E-state index is 9.31. The molecule has 0 bridgehead atoms. The number of hydrogen-bond acceptors (Lipinski definition) is 2. The molecule has 4 nitrogen and oxygen atoms in total. The Morgan fingerprint density at radius 3 is 2.20 bits per heavy atom. The zero-order chi connectivity index (χ0) is 4.28. The molecule has 0 saturated heterocycles. The SMILES string of the molecule is C/[N+]([O-])=N\O. The zero-order valence-electron chi connectivity index (χ0n) is 2.75. The average molecular weight is 76.1 g/mol. The minimum absolute atomic E-state index is 0.0556. The molecule has 0 aliphatic carbocycles. The quantitative estimate of drug-likeness (QED) is 0.250. The first kappa shape index (κ1) is 4.20. The Labute approximate surface area is 28.9 Å². The molecule has 4 heteroatoms. The predicted molar refractivity (Wildman–Crippen MR) is 13.8 cm³/mol. The van der Waals surface area contributed by atoms with E-state index in [0.717, 1.165) is 7.05 Å². The van der Waals surface area contributed by atoms with Crippen LogP contribution in [-0.4, -0.2) is 17.1 Å². The maximum atomic E-state index is 9.31. The van der Waals surface area contributed by atoms with Crippen molar-refractivity contribution in [2.45, 2.75) is 0 Å². The third kappa shape index (κ3) is 3.20. The lowest BCUT2D eigenvalue weighted by Gasteiger charge is -1.79. The average Bonchev–Trinajstić information content (AvgIpc) is 1.38. The summed E-state index contributed by atoms with van der Waals surface area (Å²) in [5, 5.41) is 18.9. The van der Waals surface area contributed by atoms with Gasteiger partial charge in [-0.2, -0.15) is 0 Å². The van der Waals surface area contributed by atoms with Crippen LogP contribution >= 0.6 is 0 Å². The fraction of sp³-hybridized carbons (Fsp3) is 1.00. The van der Waals surface area contributed by atoms with Gasteiger partial charge < -0.3 is 10.4 Å². The van der Waals surface area contributed by atoms with Crippen LogP contribution in [0.3, 0.4) is 0 Å². The van der Waals surface area contributed by atoms with Gasteiger partial charge >= 0.3 is 0 Å². The molecule has 0 unspecified atom stereocenters. The molecule has 0 radical (unpaired) electrons. The first-order chi connectivity index (χ1) is 2.27. The smallest absolute Gasteiger partial charge is 0.197 e. The van der Waals surface area contributed by atoms with E-state index < -0.39 is 0 Å². The molecule has 0 rings (SSSR count). The fourth-order valence-electron chi connectivity index (χ4n) is 0. The summed E-state index contributed by atoms with van der Waals surface area (Å²) in [6.07, 6.45) is 0. The van der Waals surface area contributed by atoms with E-state index in [0.29, 0.717) is 0 Å². The number of hydrogen-bond donors (Lipinski definition) is 1. The van der Waals surface area contributed by atoms with E-state index in [1.165, 1.54) is 0 Å². The molecule has 0 aliphatic heterocycles. The van der Waals surface area contributed by atoms with Crippen LogP contribution < -0.4 is 0 Å². The fourth-order valence-corrected chi connectivity index (χ4v) is 0. The van der Waals surface area contributed by atoms with E-state index in [4.69, 9.17) is 5.21 Å². The van der Waals surface area contributed by atoms with E-state index >= 15 is 0 Å². The van der Waals surface area contributed by atoms with Gasteiger partial charge in [-0.15, -0.1) is 0 Å². The van der Waals surface area contributed by atoms with Crippen molar-refractivity contribution in [3.63, 3.8) is 0 Å². The second-order valence-electron chi connectivity index (χ2n) is 0.554. The van der Waals surface area contributed by atoms with Gasteiger partial charge in [-0.25, -0.2) is 0 Å². The molecule has 0 atom stereocenters. The molecular formula is CH4N2O2. The summed E-state index contributed by atoms with van der Waals surface area (Å²) in [4.78, 5) is 0.0556. The largest absolute Gasteiger partial charge is 0.598 e. The van der Waals surface area contributed by atoms with Gasteiger partial charge in [-0.3, -0.25) is 0 Å². The second-order valence-corrected chi connectivity index (χ2v) is 0.554. The van der Waals surface area contributed by atoms with Crippen molar-refractivity contribution in [2.24, 2.45) is 5.28 Å². The van der Waals surface area contributed by atoms with E-state index in [1.807, 2.05) is 0 Å². The van der Waals surface area contributed by atoms with Gasteiger partial charge in [0.15, 0.2) is 12.3 Å². The molecule has 0 heterocycles. The van der Waals surface area contributed by atoms with Crippen LogP contribution in [0.25, 0.3) is 0 Å². The molecule has 5 heavy (non-hydrogen) atoms. The molecule has 0 aromatic carbocycles. The molecule has 0 amide bonds. The molecule has 30 valence electrons. The highest BCUT2D eigenvalue weighted by molar-refractivity contribution is 3.83. The summed E-state index contributed by atoms with van der Waals surface area (Å²) >= 11 is 0. The van der Waals surface area contributed by atoms with Gasteiger partial charge in [0.2, 0.25) is 0 Å². The Morgan fingerprint density at radius 1 is 2.00 bits per heavy atom. The first-order valence-corrected chi connectivity index (χ1v) is 1.03. The maximum Gasteiger partial charge on any atom is 0.197 e. The second kappa shape index (κ2) is 1.51. The summed E-state index contributed by atoms with van der Waals surface area (Å²) in [6.45, 7) is 0. The number of hydroxylamine groups is 1. The molecule has 1 N–H and O–H groups in total. The summed E-state index contributed by atoms with van der Waals surface area (Å²) in [5.74, 6) is 0. The molecular weight excluding hydrogens is 72.0 g/mol. The van der Waals surface area contributed by atoms with Crippen molar-refractivity contribution in [1.82, 2.24) is 0 Å². The third-order valence-electron chi connectivity index (χ3n) is 0.126. The van der Waals surface area contributed by atoms with Gasteiger partial charge in [0.1, 0.15) is 0 Å². The van der Waals surface area contributed by atoms with Crippen LogP contribution in [0.1, 0.15) is 0 Å². The van der Waals surface area contributed by atoms with Crippen molar-refractivity contribution in [3.8, 4) is 0 Å². The lowest BCUT2D eigenvalue weighted by Crippen LogP contribution is -1.84. The summed E-state index contributed by atoms with van der Waals surface area (Å²) in [7, 11) is 1.08. The van der Waals surface area contributed by atoms with Gasteiger partial charge in [0.05, 0.1) is 0 Å². The topological polar surface area (TPSA) is 58.7 Å². The summed E-state index contributed by atoms with van der Waals surface area (Å²) in [5.41, 5.74) is 0. The van der Waals surface area contributed by atoms with Crippen LogP contribution in [0.15, 0.2) is 5.28 Å². The Kier molecular flexibility index (Phi) is 1.27. The van der Waals surface area contributed by atoms with Crippen molar-refractivity contribution in [1.29, 1.82) is 0 Å². The number of rotatable bonds is 0. The Balaban J connectivity index is 3.14. The molecule has 0 aromatic heterocycles. The van der Waals surface area contributed by atoms with Crippen LogP contribution in [0.2, 0.25) is 0 Å². The van der Waals surface area contributed by atoms with Crippen LogP contribution in [0, 0.1) is 5.21 Å². The Morgan fingerprint density at radius 2 is 2.20 bits per heavy atom. The van der Waals surface area contributed by atoms with E-state index in [-0.39, 0.29) is 4.86 Å². The van der Waals surface area contributed by atoms with Gasteiger partial charge in [-0.05, 0) is 0 Å². The number of nitrogens with zero attached hydrogens (tertiary/aromatic N) is 2. The van der Waals surface area contributed by atoms with E-state index in [2.05, 4.69) is 5.28 Å². The minimum Gasteiger partial charge on any atom is -0.598 e. The molecule has 0 fully saturated rings. The highest BCUT2D eigenvalue weighted by Gasteiger charge is 1.62. The van der Waals surface area contributed by atoms with Crippen LogP contribution in [0.4, 0.5) is 0 Å². The van der Waals surface area contributed by atoms with Crippen molar-refractivity contribution in [3.05, 3.63) is 5.21 Å². The Hall–Kier alpha value is -0.800. The zero-order valence-corrected chi connectivity index (χ0v) is 2.75. The predicted octanol–water partition coefficient (Wildman–Crippen LogP) is -0.0321. The normalized spacial score (nSPS) is 11.8. The van der Waals surface area contributed by atoms with Crippen LogP contribution in [-0.2, 0) is 0 Å². The van der Waals surface area contributed by atoms with Crippen molar-refractivity contribution >= 4 is 0 Å². The summed E-state index contributed by atoms with van der Waals surface area (Å²) < 4.78 is 0. The molecule has 0 aliphatic rings. The standard InChI is InChI=1S/CH4N2O2/c1-3(5)2-4/h4H,1H3/b3-2+. The third-order valence-corrected chi connectivity index (χ3v) is 0.126. The highest BCUT2D eigenvalue weighted by Crippen LogP contribution is 1.53.